The van der Waals surface area contributed by atoms with Gasteiger partial charge in [-0.05, 0) is 59.0 Å². The van der Waals surface area contributed by atoms with Crippen LogP contribution >= 0.6 is 0 Å². The Labute approximate surface area is 208 Å². The Morgan fingerprint density at radius 2 is 1.11 bits per heavy atom. The summed E-state index contributed by atoms with van der Waals surface area (Å²) in [4.78, 5) is 7.18. The summed E-state index contributed by atoms with van der Waals surface area (Å²) in [7, 11) is 0. The Bertz CT molecular complexity index is 1820. The normalized spacial score (nSPS) is 11.3. The summed E-state index contributed by atoms with van der Waals surface area (Å²) in [6.45, 7) is 0. The van der Waals surface area contributed by atoms with Gasteiger partial charge in [0, 0.05) is 27.5 Å². The maximum atomic E-state index is 6.37. The number of hydrogen-bond acceptors (Lipinski definition) is 3. The van der Waals surface area contributed by atoms with Crippen LogP contribution in [0.2, 0.25) is 0 Å². The third kappa shape index (κ3) is 3.41. The van der Waals surface area contributed by atoms with Gasteiger partial charge < -0.3 is 4.42 Å². The van der Waals surface area contributed by atoms with E-state index in [1.807, 2.05) is 36.4 Å². The van der Waals surface area contributed by atoms with Gasteiger partial charge in [-0.1, -0.05) is 91.0 Å². The highest BCUT2D eigenvalue weighted by Gasteiger charge is 2.17. The second-order valence-electron chi connectivity index (χ2n) is 8.87. The number of anilines is 3. The second kappa shape index (κ2) is 8.40. The number of rotatable bonds is 4. The number of nitrogens with zero attached hydrogens (tertiary/aromatic N) is 2. The van der Waals surface area contributed by atoms with E-state index in [0.29, 0.717) is 5.71 Å². The van der Waals surface area contributed by atoms with Crippen molar-refractivity contribution in [2.45, 2.75) is 0 Å². The molecule has 0 amide bonds. The van der Waals surface area contributed by atoms with Crippen LogP contribution in [0.3, 0.4) is 0 Å². The van der Waals surface area contributed by atoms with Crippen molar-refractivity contribution in [2.75, 3.05) is 4.90 Å². The van der Waals surface area contributed by atoms with Crippen molar-refractivity contribution in [1.29, 1.82) is 0 Å². The first kappa shape index (κ1) is 20.5. The summed E-state index contributed by atoms with van der Waals surface area (Å²) >= 11 is 0. The molecule has 0 aliphatic rings. The first-order valence-corrected chi connectivity index (χ1v) is 12.1. The molecule has 0 aliphatic carbocycles. The molecule has 36 heavy (non-hydrogen) atoms. The molecular weight excluding hydrogens is 440 g/mol. The Morgan fingerprint density at radius 3 is 1.92 bits per heavy atom. The summed E-state index contributed by atoms with van der Waals surface area (Å²) in [5.74, 6) is 0.810. The topological polar surface area (TPSA) is 29.3 Å². The molecule has 7 rings (SSSR count). The molecule has 0 fully saturated rings. The van der Waals surface area contributed by atoms with E-state index >= 15 is 0 Å². The van der Waals surface area contributed by atoms with Gasteiger partial charge in [0.1, 0.15) is 11.4 Å². The minimum Gasteiger partial charge on any atom is -0.437 e. The van der Waals surface area contributed by atoms with Crippen LogP contribution in [-0.2, 0) is 0 Å². The molecule has 2 heterocycles. The van der Waals surface area contributed by atoms with Crippen LogP contribution in [0.15, 0.2) is 138 Å². The van der Waals surface area contributed by atoms with E-state index in [2.05, 4.69) is 102 Å². The number of pyridine rings is 1. The van der Waals surface area contributed by atoms with E-state index < -0.39 is 0 Å². The van der Waals surface area contributed by atoms with Gasteiger partial charge in [-0.2, -0.15) is 4.98 Å². The molecule has 0 saturated carbocycles. The zero-order chi connectivity index (χ0) is 23.9. The highest BCUT2D eigenvalue weighted by atomic mass is 16.3. The maximum Gasteiger partial charge on any atom is 0.229 e. The van der Waals surface area contributed by atoms with Crippen molar-refractivity contribution < 1.29 is 4.42 Å². The number of benzene rings is 5. The first-order chi connectivity index (χ1) is 17.8. The van der Waals surface area contributed by atoms with Crippen LogP contribution < -0.4 is 4.90 Å². The second-order valence-corrected chi connectivity index (χ2v) is 8.87. The molecule has 170 valence electrons. The van der Waals surface area contributed by atoms with Gasteiger partial charge in [-0.15, -0.1) is 0 Å². The van der Waals surface area contributed by atoms with Crippen molar-refractivity contribution in [2.24, 2.45) is 0 Å². The van der Waals surface area contributed by atoms with E-state index in [4.69, 9.17) is 9.40 Å². The average molecular weight is 463 g/mol. The lowest BCUT2D eigenvalue weighted by Crippen LogP contribution is -2.11. The van der Waals surface area contributed by atoms with E-state index in [1.165, 1.54) is 11.1 Å². The molecule has 3 heteroatoms. The Hall–Kier alpha value is -4.89. The predicted molar refractivity (Wildman–Crippen MR) is 149 cm³/mol. The summed E-state index contributed by atoms with van der Waals surface area (Å²) in [6.07, 6.45) is 0. The van der Waals surface area contributed by atoms with Crippen LogP contribution in [0, 0.1) is 0 Å². The van der Waals surface area contributed by atoms with E-state index in [1.54, 1.807) is 0 Å². The van der Waals surface area contributed by atoms with Gasteiger partial charge in [0.05, 0.1) is 0 Å². The van der Waals surface area contributed by atoms with Crippen molar-refractivity contribution in [3.8, 4) is 11.1 Å². The summed E-state index contributed by atoms with van der Waals surface area (Å²) in [6, 6.07) is 46.1. The molecule has 2 aromatic heterocycles. The molecule has 0 radical (unpaired) electrons. The monoisotopic (exact) mass is 462 g/mol. The van der Waals surface area contributed by atoms with Crippen molar-refractivity contribution in [3.05, 3.63) is 133 Å². The van der Waals surface area contributed by atoms with Crippen molar-refractivity contribution in [3.63, 3.8) is 0 Å². The van der Waals surface area contributed by atoms with Gasteiger partial charge in [0.2, 0.25) is 5.71 Å². The average Bonchev–Trinajstić information content (AvgIpc) is 3.33. The Balaban J connectivity index is 1.38. The Kier molecular flexibility index (Phi) is 4.78. The highest BCUT2D eigenvalue weighted by molar-refractivity contribution is 6.14. The summed E-state index contributed by atoms with van der Waals surface area (Å²) < 4.78 is 6.37. The molecule has 0 saturated heterocycles. The van der Waals surface area contributed by atoms with Crippen molar-refractivity contribution in [1.82, 2.24) is 4.98 Å². The zero-order valence-corrected chi connectivity index (χ0v) is 19.5. The van der Waals surface area contributed by atoms with Crippen LogP contribution in [0.25, 0.3) is 44.0 Å². The fourth-order valence-corrected chi connectivity index (χ4v) is 4.92. The minimum atomic E-state index is 0.640. The zero-order valence-electron chi connectivity index (χ0n) is 19.5. The lowest BCUT2D eigenvalue weighted by Gasteiger charge is -2.24. The maximum absolute atomic E-state index is 6.37. The van der Waals surface area contributed by atoms with Gasteiger partial charge in [0.25, 0.3) is 0 Å². The molecule has 7 aromatic rings. The quantitative estimate of drug-likeness (QED) is 0.261. The molecule has 0 unspecified atom stereocenters. The molecule has 5 aromatic carbocycles. The van der Waals surface area contributed by atoms with Gasteiger partial charge in [0.15, 0.2) is 0 Å². The third-order valence-corrected chi connectivity index (χ3v) is 6.69. The fraction of sp³-hybridized carbons (Fsp3) is 0. The lowest BCUT2D eigenvalue weighted by molar-refractivity contribution is 0.658. The number of furan rings is 1. The fourth-order valence-electron chi connectivity index (χ4n) is 4.92. The summed E-state index contributed by atoms with van der Waals surface area (Å²) in [5.41, 5.74) is 5.98. The SMILES string of the molecule is c1ccc(-c2ccc(N(c3ccccc3)c3ccc4c(n3)oc3c5ccccc5ccc43)cc2)cc1. The minimum absolute atomic E-state index is 0.640. The van der Waals surface area contributed by atoms with Gasteiger partial charge >= 0.3 is 0 Å². The molecule has 0 aliphatic heterocycles. The van der Waals surface area contributed by atoms with Gasteiger partial charge in [-0.3, -0.25) is 4.90 Å². The summed E-state index contributed by atoms with van der Waals surface area (Å²) in [5, 5.41) is 4.37. The number of aromatic nitrogens is 1. The standard InChI is InChI=1S/C33H22N2O/c1-3-9-23(10-4-1)24-15-18-27(19-16-24)35(26-12-5-2-6-13-26)31-22-21-30-29-20-17-25-11-7-8-14-28(25)32(29)36-33(30)34-31/h1-22H. The first-order valence-electron chi connectivity index (χ1n) is 12.1. The van der Waals surface area contributed by atoms with Crippen LogP contribution in [0.4, 0.5) is 17.2 Å². The number of para-hydroxylation sites is 1. The molecular formula is C33H22N2O. The molecule has 0 spiro atoms. The third-order valence-electron chi connectivity index (χ3n) is 6.69. The molecule has 3 nitrogen and oxygen atoms in total. The van der Waals surface area contributed by atoms with Crippen LogP contribution in [0.5, 0.6) is 0 Å². The van der Waals surface area contributed by atoms with Crippen molar-refractivity contribution >= 4 is 50.0 Å². The number of hydrogen-bond donors (Lipinski definition) is 0. The van der Waals surface area contributed by atoms with Gasteiger partial charge in [-0.25, -0.2) is 0 Å². The van der Waals surface area contributed by atoms with E-state index in [9.17, 15) is 0 Å². The largest absolute Gasteiger partial charge is 0.437 e. The van der Waals surface area contributed by atoms with E-state index in [-0.39, 0.29) is 0 Å². The van der Waals surface area contributed by atoms with Crippen LogP contribution in [-0.4, -0.2) is 4.98 Å². The predicted octanol–water partition coefficient (Wildman–Crippen LogP) is 9.27. The number of fused-ring (bicyclic) bond motifs is 5. The van der Waals surface area contributed by atoms with Crippen LogP contribution in [0.1, 0.15) is 0 Å². The highest BCUT2D eigenvalue weighted by Crippen LogP contribution is 2.38. The molecule has 0 atom stereocenters. The smallest absolute Gasteiger partial charge is 0.229 e. The molecule has 0 N–H and O–H groups in total. The van der Waals surface area contributed by atoms with E-state index in [0.717, 1.165) is 44.3 Å². The lowest BCUT2D eigenvalue weighted by atomic mass is 10.1. The molecule has 0 bridgehead atoms. The Morgan fingerprint density at radius 1 is 0.472 bits per heavy atom.